The number of alkyl halides is 1. The summed E-state index contributed by atoms with van der Waals surface area (Å²) in [5.74, 6) is 0. The third-order valence-corrected chi connectivity index (χ3v) is 3.49. The monoisotopic (exact) mass is 241 g/mol. The number of hydrogen-bond acceptors (Lipinski definition) is 1. The van der Waals surface area contributed by atoms with E-state index < -0.39 is 5.67 Å². The molecule has 16 heavy (non-hydrogen) atoms. The zero-order valence-electron chi connectivity index (χ0n) is 9.52. The van der Waals surface area contributed by atoms with Crippen molar-refractivity contribution in [2.75, 3.05) is 13.1 Å². The molecular weight excluding hydrogens is 225 g/mol. The molecule has 1 unspecified atom stereocenters. The molecule has 1 aliphatic rings. The van der Waals surface area contributed by atoms with Crippen molar-refractivity contribution < 1.29 is 4.39 Å². The lowest BCUT2D eigenvalue weighted by Gasteiger charge is -2.30. The van der Waals surface area contributed by atoms with Gasteiger partial charge in [0.2, 0.25) is 0 Å². The molecule has 0 aliphatic carbocycles. The third-order valence-electron chi connectivity index (χ3n) is 3.14. The fourth-order valence-corrected chi connectivity index (χ4v) is 2.52. The van der Waals surface area contributed by atoms with Gasteiger partial charge in [-0.1, -0.05) is 23.7 Å². The number of piperidine rings is 1. The second-order valence-corrected chi connectivity index (χ2v) is 5.11. The summed E-state index contributed by atoms with van der Waals surface area (Å²) in [6, 6.07) is 5.82. The molecule has 1 atom stereocenters. The van der Waals surface area contributed by atoms with Crippen molar-refractivity contribution in [3.05, 3.63) is 34.3 Å². The fraction of sp³-hybridized carbons (Fsp3) is 0.538. The molecule has 1 N–H and O–H groups in total. The fourth-order valence-electron chi connectivity index (χ4n) is 2.22. The highest BCUT2D eigenvalue weighted by Gasteiger charge is 2.32. The minimum atomic E-state index is -1.13. The molecule has 1 fully saturated rings. The van der Waals surface area contributed by atoms with E-state index in [-0.39, 0.29) is 0 Å². The summed E-state index contributed by atoms with van der Waals surface area (Å²) in [5.41, 5.74) is 0.902. The smallest absolute Gasteiger partial charge is 0.127 e. The van der Waals surface area contributed by atoms with E-state index in [9.17, 15) is 4.39 Å². The van der Waals surface area contributed by atoms with Crippen molar-refractivity contribution in [2.45, 2.75) is 31.9 Å². The van der Waals surface area contributed by atoms with E-state index in [1.54, 1.807) is 0 Å². The Kier molecular flexibility index (Phi) is 3.50. The number of hydrogen-bond donors (Lipinski definition) is 1. The molecule has 88 valence electrons. The molecule has 1 aromatic rings. The van der Waals surface area contributed by atoms with E-state index in [1.165, 1.54) is 0 Å². The van der Waals surface area contributed by atoms with Gasteiger partial charge in [-0.2, -0.15) is 0 Å². The van der Waals surface area contributed by atoms with Crippen LogP contribution >= 0.6 is 11.6 Å². The lowest BCUT2D eigenvalue weighted by molar-refractivity contribution is 0.122. The summed E-state index contributed by atoms with van der Waals surface area (Å²) in [5, 5.41) is 3.79. The Hall–Kier alpha value is -0.600. The maximum atomic E-state index is 14.4. The molecule has 3 heteroatoms. The summed E-state index contributed by atoms with van der Waals surface area (Å²) in [6.07, 6.45) is 1.95. The number of rotatable bonds is 2. The average Bonchev–Trinajstić information content (AvgIpc) is 2.23. The van der Waals surface area contributed by atoms with Gasteiger partial charge >= 0.3 is 0 Å². The van der Waals surface area contributed by atoms with Crippen LogP contribution in [0.2, 0.25) is 5.02 Å². The Morgan fingerprint density at radius 2 is 2.31 bits per heavy atom. The predicted octanol–water partition coefficient (Wildman–Crippen LogP) is 3.28. The van der Waals surface area contributed by atoms with Gasteiger partial charge in [0, 0.05) is 18.0 Å². The van der Waals surface area contributed by atoms with Crippen LogP contribution in [0.4, 0.5) is 4.39 Å². The SMILES string of the molecule is Cc1ccc(CC2(F)CCCNC2)c(Cl)c1. The highest BCUT2D eigenvalue weighted by molar-refractivity contribution is 6.31. The zero-order valence-corrected chi connectivity index (χ0v) is 10.3. The van der Waals surface area contributed by atoms with Crippen LogP contribution < -0.4 is 5.32 Å². The van der Waals surface area contributed by atoms with Crippen molar-refractivity contribution >= 4 is 11.6 Å². The number of benzene rings is 1. The van der Waals surface area contributed by atoms with Crippen molar-refractivity contribution in [1.29, 1.82) is 0 Å². The summed E-state index contributed by atoms with van der Waals surface area (Å²) in [4.78, 5) is 0. The molecule has 0 aromatic heterocycles. The van der Waals surface area contributed by atoms with Gasteiger partial charge in [0.15, 0.2) is 0 Å². The second kappa shape index (κ2) is 4.72. The summed E-state index contributed by atoms with van der Waals surface area (Å²) in [7, 11) is 0. The maximum absolute atomic E-state index is 14.4. The van der Waals surface area contributed by atoms with E-state index in [4.69, 9.17) is 11.6 Å². The molecule has 0 amide bonds. The van der Waals surface area contributed by atoms with Crippen LogP contribution in [0.1, 0.15) is 24.0 Å². The summed E-state index contributed by atoms with van der Waals surface area (Å²) >= 11 is 6.12. The number of halogens is 2. The number of nitrogens with one attached hydrogen (secondary N) is 1. The first-order chi connectivity index (χ1) is 7.59. The third kappa shape index (κ3) is 2.74. The molecule has 0 bridgehead atoms. The largest absolute Gasteiger partial charge is 0.314 e. The predicted molar refractivity (Wildman–Crippen MR) is 65.8 cm³/mol. The lowest BCUT2D eigenvalue weighted by Crippen LogP contribution is -2.43. The first-order valence-corrected chi connectivity index (χ1v) is 6.12. The highest BCUT2D eigenvalue weighted by atomic mass is 35.5. The molecular formula is C13H17ClFN. The van der Waals surface area contributed by atoms with Crippen molar-refractivity contribution in [2.24, 2.45) is 0 Å². The van der Waals surface area contributed by atoms with Crippen molar-refractivity contribution in [3.8, 4) is 0 Å². The van der Waals surface area contributed by atoms with Crippen molar-refractivity contribution in [1.82, 2.24) is 5.32 Å². The van der Waals surface area contributed by atoms with Gasteiger partial charge in [-0.25, -0.2) is 4.39 Å². The van der Waals surface area contributed by atoms with Crippen LogP contribution in [0.5, 0.6) is 0 Å². The first kappa shape index (κ1) is 11.9. The summed E-state index contributed by atoms with van der Waals surface area (Å²) in [6.45, 7) is 3.35. The van der Waals surface area contributed by atoms with Gasteiger partial charge in [0.25, 0.3) is 0 Å². The Morgan fingerprint density at radius 3 is 2.94 bits per heavy atom. The van der Waals surface area contributed by atoms with Crippen LogP contribution in [0.3, 0.4) is 0 Å². The normalized spacial score (nSPS) is 25.7. The van der Waals surface area contributed by atoms with Crippen LogP contribution in [-0.4, -0.2) is 18.8 Å². The molecule has 1 saturated heterocycles. The Labute approximate surface area is 101 Å². The Bertz CT molecular complexity index is 372. The zero-order chi connectivity index (χ0) is 11.6. The molecule has 1 nitrogen and oxygen atoms in total. The first-order valence-electron chi connectivity index (χ1n) is 5.74. The van der Waals surface area contributed by atoms with E-state index in [0.29, 0.717) is 24.4 Å². The molecule has 0 spiro atoms. The molecule has 0 radical (unpaired) electrons. The average molecular weight is 242 g/mol. The van der Waals surface area contributed by atoms with Gasteiger partial charge in [-0.05, 0) is 43.5 Å². The van der Waals surface area contributed by atoms with Crippen LogP contribution in [-0.2, 0) is 6.42 Å². The lowest BCUT2D eigenvalue weighted by atomic mass is 9.89. The van der Waals surface area contributed by atoms with E-state index in [2.05, 4.69) is 5.32 Å². The van der Waals surface area contributed by atoms with E-state index in [1.807, 2.05) is 25.1 Å². The van der Waals surface area contributed by atoms with E-state index in [0.717, 1.165) is 24.1 Å². The molecule has 0 saturated carbocycles. The van der Waals surface area contributed by atoms with Gasteiger partial charge in [-0.15, -0.1) is 0 Å². The molecule has 1 aromatic carbocycles. The highest BCUT2D eigenvalue weighted by Crippen LogP contribution is 2.29. The quantitative estimate of drug-likeness (QED) is 0.838. The summed E-state index contributed by atoms with van der Waals surface area (Å²) < 4.78 is 14.4. The van der Waals surface area contributed by atoms with Gasteiger partial charge < -0.3 is 5.32 Å². The minimum Gasteiger partial charge on any atom is -0.314 e. The van der Waals surface area contributed by atoms with E-state index >= 15 is 0 Å². The Balaban J connectivity index is 2.13. The maximum Gasteiger partial charge on any atom is 0.127 e. The van der Waals surface area contributed by atoms with Gasteiger partial charge in [-0.3, -0.25) is 0 Å². The molecule has 1 heterocycles. The minimum absolute atomic E-state index is 0.416. The van der Waals surface area contributed by atoms with Crippen LogP contribution in [0.15, 0.2) is 18.2 Å². The molecule has 1 aliphatic heterocycles. The van der Waals surface area contributed by atoms with Crippen molar-refractivity contribution in [3.63, 3.8) is 0 Å². The van der Waals surface area contributed by atoms with Crippen LogP contribution in [0, 0.1) is 6.92 Å². The van der Waals surface area contributed by atoms with Gasteiger partial charge in [0.1, 0.15) is 5.67 Å². The van der Waals surface area contributed by atoms with Gasteiger partial charge in [0.05, 0.1) is 0 Å². The molecule has 2 rings (SSSR count). The standard InChI is InChI=1S/C13H17ClFN/c1-10-3-4-11(12(14)7-10)8-13(15)5-2-6-16-9-13/h3-4,7,16H,2,5-6,8-9H2,1H3. The Morgan fingerprint density at radius 1 is 1.50 bits per heavy atom. The topological polar surface area (TPSA) is 12.0 Å². The van der Waals surface area contributed by atoms with Crippen LogP contribution in [0.25, 0.3) is 0 Å². The second-order valence-electron chi connectivity index (χ2n) is 4.70. The number of aryl methyl sites for hydroxylation is 1.